The number of rotatable bonds is 19. The average Bonchev–Trinajstić information content (AvgIpc) is 3.77. The van der Waals surface area contributed by atoms with Crippen molar-refractivity contribution in [2.75, 3.05) is 25.9 Å². The Hall–Kier alpha value is -2.45. The van der Waals surface area contributed by atoms with Crippen molar-refractivity contribution in [3.05, 3.63) is 29.0 Å². The van der Waals surface area contributed by atoms with Gasteiger partial charge in [-0.2, -0.15) is 0 Å². The van der Waals surface area contributed by atoms with E-state index in [4.69, 9.17) is 0 Å². The summed E-state index contributed by atoms with van der Waals surface area (Å²) in [6, 6.07) is -0.700. The largest absolute Gasteiger partial charge is 0.376 e. The molecule has 2 unspecified atom stereocenters. The van der Waals surface area contributed by atoms with Gasteiger partial charge in [0.2, 0.25) is 11.7 Å². The molecule has 4 rings (SSSR count). The van der Waals surface area contributed by atoms with Crippen molar-refractivity contribution in [3.63, 3.8) is 0 Å². The maximum Gasteiger partial charge on any atom is 0.315 e. The lowest BCUT2D eigenvalue weighted by molar-refractivity contribution is -0.142. The minimum Gasteiger partial charge on any atom is -0.376 e. The molecule has 2 aliphatic carbocycles. The Morgan fingerprint density at radius 3 is 2.38 bits per heavy atom. The fourth-order valence-corrected chi connectivity index (χ4v) is 9.89. The number of nitrogens with one attached hydrogen (secondary N) is 5. The van der Waals surface area contributed by atoms with Crippen molar-refractivity contribution < 1.29 is 24.3 Å². The number of nitrogens with zero attached hydrogens (tertiary/aromatic N) is 1. The Morgan fingerprint density at radius 2 is 1.77 bits per heavy atom. The zero-order valence-corrected chi connectivity index (χ0v) is 34.5. The van der Waals surface area contributed by atoms with E-state index in [-0.39, 0.29) is 47.7 Å². The minimum absolute atomic E-state index is 0.0256. The molecule has 3 fully saturated rings. The Balaban J connectivity index is 1.51. The Labute approximate surface area is 326 Å². The van der Waals surface area contributed by atoms with E-state index in [9.17, 15) is 24.3 Å². The summed E-state index contributed by atoms with van der Waals surface area (Å²) in [6.07, 6.45) is 11.3. The van der Waals surface area contributed by atoms with Gasteiger partial charge in [0.15, 0.2) is 0 Å². The van der Waals surface area contributed by atoms with Gasteiger partial charge in [-0.15, -0.1) is 29.7 Å². The van der Waals surface area contributed by atoms with Gasteiger partial charge < -0.3 is 31.3 Å². The predicted octanol–water partition coefficient (Wildman–Crippen LogP) is 5.43. The zero-order valence-electron chi connectivity index (χ0n) is 32.9. The number of hydrogen-bond acceptors (Lipinski definition) is 9. The summed E-state index contributed by atoms with van der Waals surface area (Å²) in [7, 11) is 0. The predicted molar refractivity (Wildman–Crippen MR) is 215 cm³/mol. The second-order valence-electron chi connectivity index (χ2n) is 16.7. The van der Waals surface area contributed by atoms with Crippen LogP contribution >= 0.6 is 23.1 Å². The van der Waals surface area contributed by atoms with Crippen LogP contribution in [0, 0.1) is 29.1 Å². The average molecular weight is 775 g/mol. The van der Waals surface area contributed by atoms with Gasteiger partial charge >= 0.3 is 6.03 Å². The van der Waals surface area contributed by atoms with Gasteiger partial charge in [0.05, 0.1) is 12.1 Å². The molecule has 298 valence electrons. The van der Waals surface area contributed by atoms with E-state index < -0.39 is 36.0 Å². The summed E-state index contributed by atoms with van der Waals surface area (Å²) in [5.41, 5.74) is -0.247. The topological polar surface area (TPSA) is 152 Å². The van der Waals surface area contributed by atoms with Crippen LogP contribution in [0.3, 0.4) is 0 Å². The Kier molecular flexibility index (Phi) is 16.7. The third kappa shape index (κ3) is 12.0. The molecule has 6 N–H and O–H groups in total. The molecule has 1 aliphatic heterocycles. The van der Waals surface area contributed by atoms with Crippen molar-refractivity contribution in [3.8, 4) is 0 Å². The second kappa shape index (κ2) is 20.5. The van der Waals surface area contributed by atoms with Gasteiger partial charge in [0.25, 0.3) is 5.91 Å². The smallest absolute Gasteiger partial charge is 0.315 e. The lowest BCUT2D eigenvalue weighted by Crippen LogP contribution is -2.62. The number of carbonyl (C=O) groups excluding carboxylic acids is 4. The highest BCUT2D eigenvalue weighted by Gasteiger charge is 2.47. The highest BCUT2D eigenvalue weighted by atomic mass is 32.2. The van der Waals surface area contributed by atoms with Crippen LogP contribution in [0.2, 0.25) is 0 Å². The maximum absolute atomic E-state index is 14.8. The molecule has 6 atom stereocenters. The molecule has 53 heavy (non-hydrogen) atoms. The Bertz CT molecular complexity index is 1370. The fraction of sp³-hybridized carbons (Fsp3) is 0.750. The quantitative estimate of drug-likeness (QED) is 0.0472. The van der Waals surface area contributed by atoms with Crippen molar-refractivity contribution >= 4 is 46.7 Å². The van der Waals surface area contributed by atoms with Crippen molar-refractivity contribution in [1.29, 1.82) is 0 Å². The van der Waals surface area contributed by atoms with Crippen LogP contribution in [0.25, 0.3) is 0 Å². The third-order valence-electron chi connectivity index (χ3n) is 11.7. The number of Topliss-reactive ketones (excluding diaryl/α,β-unsaturated/α-hetero) is 1. The number of hydrogen-bond donors (Lipinski definition) is 6. The number of thiophene rings is 1. The molecule has 1 aromatic heterocycles. The van der Waals surface area contributed by atoms with E-state index >= 15 is 0 Å². The minimum atomic E-state index is -1.23. The van der Waals surface area contributed by atoms with Gasteiger partial charge in [-0.25, -0.2) is 4.79 Å². The maximum atomic E-state index is 14.8. The lowest BCUT2D eigenvalue weighted by Gasteiger charge is -2.40. The standard InChI is InChI=1S/C40H66N6O5S2/c1-8-19-42-37(49)35(47)29(22-26-13-12-14-26)43-36(48)34-28(25(2)3)17-20-46(34)38(50)33(27-15-10-9-11-16-27)45-39(51)44-32(40(4,5)6)24-41-23-31-30(52-7)18-21-53-31/h8,18,21,25-29,32-34,36,41,43,48H,1,9-17,19-20,22-24H2,2-7H3,(H,42,49)(H2,44,45,51)/t28-,29?,32-,33+,34+,36?/m1/s1. The van der Waals surface area contributed by atoms with Crippen molar-refractivity contribution in [2.45, 2.75) is 141 Å². The van der Waals surface area contributed by atoms with E-state index in [1.54, 1.807) is 28.0 Å². The van der Waals surface area contributed by atoms with Gasteiger partial charge in [0, 0.05) is 42.0 Å². The van der Waals surface area contributed by atoms with E-state index in [0.717, 1.165) is 51.4 Å². The molecule has 2 saturated carbocycles. The van der Waals surface area contributed by atoms with E-state index in [2.05, 4.69) is 85.5 Å². The van der Waals surface area contributed by atoms with Gasteiger partial charge in [-0.05, 0) is 72.5 Å². The Morgan fingerprint density at radius 1 is 1.06 bits per heavy atom. The van der Waals surface area contributed by atoms with E-state index in [1.165, 1.54) is 15.8 Å². The van der Waals surface area contributed by atoms with Crippen LogP contribution in [0.4, 0.5) is 4.79 Å². The number of aliphatic hydroxyl groups is 1. The summed E-state index contributed by atoms with van der Waals surface area (Å²) in [6.45, 7) is 16.0. The molecular weight excluding hydrogens is 709 g/mol. The number of carbonyl (C=O) groups is 4. The van der Waals surface area contributed by atoms with Crippen LogP contribution in [-0.4, -0.2) is 89.9 Å². The normalized spacial score (nSPS) is 22.1. The molecule has 4 amide bonds. The number of thioether (sulfide) groups is 1. The third-order valence-corrected chi connectivity index (χ3v) is 13.5. The summed E-state index contributed by atoms with van der Waals surface area (Å²) in [5, 5.41) is 29.6. The van der Waals surface area contributed by atoms with Crippen LogP contribution in [0.1, 0.15) is 104 Å². The van der Waals surface area contributed by atoms with E-state index in [0.29, 0.717) is 38.4 Å². The number of aliphatic hydroxyl groups excluding tert-OH is 1. The first-order valence-corrected chi connectivity index (χ1v) is 21.9. The first-order valence-electron chi connectivity index (χ1n) is 19.8. The molecule has 0 aromatic carbocycles. The number of amides is 4. The highest BCUT2D eigenvalue weighted by Crippen LogP contribution is 2.36. The van der Waals surface area contributed by atoms with Gasteiger partial charge in [0.1, 0.15) is 12.3 Å². The molecule has 11 nitrogen and oxygen atoms in total. The summed E-state index contributed by atoms with van der Waals surface area (Å²) < 4.78 is 0. The molecule has 13 heteroatoms. The SMILES string of the molecule is C=CCNC(=O)C(=O)C(CC1CCC1)NC(O)[C@@H]1[C@@H](C(C)C)CCN1C(=O)[C@@H](NC(=O)N[C@H](CNCc1sccc1SC)C(C)(C)C)C1CCCCC1. The summed E-state index contributed by atoms with van der Waals surface area (Å²) >= 11 is 3.45. The van der Waals surface area contributed by atoms with Gasteiger partial charge in [-0.1, -0.05) is 79.2 Å². The van der Waals surface area contributed by atoms with Crippen LogP contribution in [0.15, 0.2) is 29.0 Å². The number of urea groups is 1. The van der Waals surface area contributed by atoms with Crippen molar-refractivity contribution in [2.24, 2.45) is 29.1 Å². The van der Waals surface area contributed by atoms with Crippen LogP contribution in [0.5, 0.6) is 0 Å². The molecule has 1 aromatic rings. The highest BCUT2D eigenvalue weighted by molar-refractivity contribution is 7.98. The lowest BCUT2D eigenvalue weighted by atomic mass is 9.79. The molecule has 2 heterocycles. The summed E-state index contributed by atoms with van der Waals surface area (Å²) in [5.74, 6) is -1.13. The van der Waals surface area contributed by atoms with Crippen LogP contribution in [-0.2, 0) is 20.9 Å². The molecule has 0 radical (unpaired) electrons. The molecule has 0 bridgehead atoms. The zero-order chi connectivity index (χ0) is 38.7. The van der Waals surface area contributed by atoms with E-state index in [1.807, 2.05) is 0 Å². The summed E-state index contributed by atoms with van der Waals surface area (Å²) in [4.78, 5) is 59.1. The fourth-order valence-electron chi connectivity index (χ4n) is 8.17. The molecule has 1 saturated heterocycles. The molecule has 3 aliphatic rings. The van der Waals surface area contributed by atoms with Crippen LogP contribution < -0.4 is 26.6 Å². The second-order valence-corrected chi connectivity index (χ2v) is 18.6. The molecule has 0 spiro atoms. The monoisotopic (exact) mass is 774 g/mol. The number of likely N-dealkylation sites (tertiary alicyclic amines) is 1. The molecular formula is C40H66N6O5S2. The van der Waals surface area contributed by atoms with Crippen molar-refractivity contribution in [1.82, 2.24) is 31.5 Å². The first-order chi connectivity index (χ1) is 25.2. The number of ketones is 1. The van der Waals surface area contributed by atoms with Gasteiger partial charge in [-0.3, -0.25) is 19.7 Å². The first kappa shape index (κ1) is 43.3.